The van der Waals surface area contributed by atoms with Crippen LogP contribution in [0.5, 0.6) is 0 Å². The van der Waals surface area contributed by atoms with Gasteiger partial charge in [0, 0.05) is 5.56 Å². The fraction of sp³-hybridized carbons (Fsp3) is 0.556. The van der Waals surface area contributed by atoms with E-state index in [1.54, 1.807) is 6.26 Å². The number of aliphatic imine (C=N–C) groups is 1. The average molecular weight is 194 g/mol. The summed E-state index contributed by atoms with van der Waals surface area (Å²) in [6.07, 6.45) is 4.10. The lowest BCUT2D eigenvalue weighted by atomic mass is 10.1. The van der Waals surface area contributed by atoms with Crippen LogP contribution in [0, 0.1) is 12.8 Å². The zero-order valence-electron chi connectivity index (χ0n) is 7.36. The van der Waals surface area contributed by atoms with Gasteiger partial charge < -0.3 is 4.52 Å². The minimum atomic E-state index is 0.128. The molecule has 1 aromatic rings. The smallest absolute Gasteiger partial charge is 0.129 e. The van der Waals surface area contributed by atoms with Gasteiger partial charge in [-0.15, -0.1) is 0 Å². The van der Waals surface area contributed by atoms with Gasteiger partial charge in [-0.25, -0.2) is 4.99 Å². The molecule has 0 N–H and O–H groups in total. The van der Waals surface area contributed by atoms with Crippen LogP contribution in [0.4, 0.5) is 0 Å². The molecule has 4 heteroatoms. The van der Waals surface area contributed by atoms with E-state index in [0.29, 0.717) is 5.92 Å². The summed E-state index contributed by atoms with van der Waals surface area (Å²) in [6, 6.07) is 0.128. The van der Waals surface area contributed by atoms with Crippen molar-refractivity contribution >= 4 is 17.4 Å². The second-order valence-electron chi connectivity index (χ2n) is 3.36. The third kappa shape index (κ3) is 1.69. The normalized spacial score (nSPS) is 17.9. The molecular weight excluding hydrogens is 184 g/mol. The van der Waals surface area contributed by atoms with Crippen LogP contribution in [0.15, 0.2) is 15.8 Å². The first-order valence-corrected chi connectivity index (χ1v) is 4.71. The monoisotopic (exact) mass is 194 g/mol. The Morgan fingerprint density at radius 1 is 1.77 bits per heavy atom. The van der Waals surface area contributed by atoms with E-state index in [1.165, 1.54) is 12.8 Å². The number of hydrogen-bond acceptors (Lipinski definition) is 4. The summed E-state index contributed by atoms with van der Waals surface area (Å²) >= 11 is 4.62. The molecule has 0 radical (unpaired) electrons. The molecule has 1 fully saturated rings. The Kier molecular flexibility index (Phi) is 2.25. The molecule has 0 bridgehead atoms. The van der Waals surface area contributed by atoms with Gasteiger partial charge in [0.15, 0.2) is 0 Å². The topological polar surface area (TPSA) is 38.4 Å². The highest BCUT2D eigenvalue weighted by atomic mass is 32.1. The molecular formula is C9H10N2OS. The molecule has 0 amide bonds. The van der Waals surface area contributed by atoms with Crippen LogP contribution in [0.2, 0.25) is 0 Å². The van der Waals surface area contributed by atoms with Crippen LogP contribution in [0.1, 0.15) is 30.1 Å². The molecule has 1 aromatic heterocycles. The lowest BCUT2D eigenvalue weighted by Crippen LogP contribution is -1.97. The zero-order valence-corrected chi connectivity index (χ0v) is 8.17. The predicted octanol–water partition coefficient (Wildman–Crippen LogP) is 2.54. The minimum absolute atomic E-state index is 0.128. The van der Waals surface area contributed by atoms with Crippen molar-refractivity contribution in [2.24, 2.45) is 10.9 Å². The van der Waals surface area contributed by atoms with E-state index < -0.39 is 0 Å². The summed E-state index contributed by atoms with van der Waals surface area (Å²) in [6.45, 7) is 1.92. The first-order chi connectivity index (χ1) is 6.33. The summed E-state index contributed by atoms with van der Waals surface area (Å²) in [7, 11) is 0. The van der Waals surface area contributed by atoms with E-state index in [4.69, 9.17) is 4.52 Å². The molecule has 1 saturated carbocycles. The van der Waals surface area contributed by atoms with Crippen LogP contribution in [-0.2, 0) is 0 Å². The average Bonchev–Trinajstić information content (AvgIpc) is 2.86. The second kappa shape index (κ2) is 3.40. The summed E-state index contributed by atoms with van der Waals surface area (Å²) in [5.41, 5.74) is 1.96. The molecule has 0 saturated heterocycles. The number of thiocarbonyl (C=S) groups is 1. The van der Waals surface area contributed by atoms with Crippen molar-refractivity contribution < 1.29 is 4.52 Å². The Hall–Kier alpha value is -0.990. The number of hydrogen-bond donors (Lipinski definition) is 0. The molecule has 68 valence electrons. The number of aryl methyl sites for hydroxylation is 1. The molecule has 1 aliphatic rings. The number of isothiocyanates is 1. The van der Waals surface area contributed by atoms with Gasteiger partial charge in [0.25, 0.3) is 0 Å². The third-order valence-corrected chi connectivity index (χ3v) is 2.47. The largest absolute Gasteiger partial charge is 0.364 e. The Morgan fingerprint density at radius 3 is 3.00 bits per heavy atom. The molecule has 1 atom stereocenters. The number of nitrogens with zero attached hydrogens (tertiary/aromatic N) is 2. The zero-order chi connectivity index (χ0) is 9.26. The van der Waals surface area contributed by atoms with Gasteiger partial charge in [0.2, 0.25) is 0 Å². The third-order valence-electron chi connectivity index (χ3n) is 2.37. The van der Waals surface area contributed by atoms with E-state index in [9.17, 15) is 0 Å². The van der Waals surface area contributed by atoms with E-state index >= 15 is 0 Å². The second-order valence-corrected chi connectivity index (χ2v) is 3.54. The van der Waals surface area contributed by atoms with E-state index in [-0.39, 0.29) is 6.04 Å². The number of rotatable bonds is 3. The number of aromatic nitrogens is 1. The lowest BCUT2D eigenvalue weighted by Gasteiger charge is -2.06. The van der Waals surface area contributed by atoms with E-state index in [0.717, 1.165) is 11.3 Å². The van der Waals surface area contributed by atoms with Crippen LogP contribution < -0.4 is 0 Å². The highest BCUT2D eigenvalue weighted by molar-refractivity contribution is 7.78. The van der Waals surface area contributed by atoms with E-state index in [1.807, 2.05) is 6.92 Å². The first kappa shape index (κ1) is 8.60. The maximum atomic E-state index is 4.88. The fourth-order valence-electron chi connectivity index (χ4n) is 1.48. The predicted molar refractivity (Wildman–Crippen MR) is 51.7 cm³/mol. The molecule has 1 unspecified atom stereocenters. The van der Waals surface area contributed by atoms with Gasteiger partial charge in [-0.05, 0) is 37.9 Å². The maximum Gasteiger partial charge on any atom is 0.129 e. The standard InChI is InChI=1S/C9H10N2OS/c1-6-8(4-12-11-6)9(10-5-13)7-2-3-7/h4,7,9H,2-3H2,1H3. The van der Waals surface area contributed by atoms with Crippen LogP contribution in [0.3, 0.4) is 0 Å². The first-order valence-electron chi connectivity index (χ1n) is 4.30. The molecule has 13 heavy (non-hydrogen) atoms. The Balaban J connectivity index is 2.29. The highest BCUT2D eigenvalue weighted by Gasteiger charge is 2.34. The molecule has 0 aliphatic heterocycles. The Bertz CT molecular complexity index is 350. The summed E-state index contributed by atoms with van der Waals surface area (Å²) < 4.78 is 4.88. The van der Waals surface area contributed by atoms with Crippen LogP contribution in [-0.4, -0.2) is 10.3 Å². The van der Waals surface area contributed by atoms with Crippen molar-refractivity contribution in [1.82, 2.24) is 5.16 Å². The fourth-order valence-corrected chi connectivity index (χ4v) is 1.60. The molecule has 1 aliphatic carbocycles. The summed E-state index contributed by atoms with van der Waals surface area (Å²) in [5.74, 6) is 0.619. The van der Waals surface area contributed by atoms with Gasteiger partial charge in [-0.3, -0.25) is 0 Å². The highest BCUT2D eigenvalue weighted by Crippen LogP contribution is 2.43. The molecule has 0 aromatic carbocycles. The summed E-state index contributed by atoms with van der Waals surface area (Å²) in [5, 5.41) is 6.28. The van der Waals surface area contributed by atoms with Gasteiger partial charge in [0.05, 0.1) is 16.9 Å². The lowest BCUT2D eigenvalue weighted by molar-refractivity contribution is 0.413. The van der Waals surface area contributed by atoms with Gasteiger partial charge in [-0.1, -0.05) is 5.16 Å². The SMILES string of the molecule is Cc1nocc1C(N=C=S)C1CC1. The van der Waals surface area contributed by atoms with Gasteiger partial charge >= 0.3 is 0 Å². The van der Waals surface area contributed by atoms with Gasteiger partial charge in [0.1, 0.15) is 6.26 Å². The van der Waals surface area contributed by atoms with Crippen molar-refractivity contribution in [3.63, 3.8) is 0 Å². The minimum Gasteiger partial charge on any atom is -0.364 e. The van der Waals surface area contributed by atoms with Crippen molar-refractivity contribution in [3.05, 3.63) is 17.5 Å². The summed E-state index contributed by atoms with van der Waals surface area (Å²) in [4.78, 5) is 4.15. The van der Waals surface area contributed by atoms with Crippen LogP contribution in [0.25, 0.3) is 0 Å². The molecule has 0 spiro atoms. The van der Waals surface area contributed by atoms with Crippen molar-refractivity contribution in [3.8, 4) is 0 Å². The van der Waals surface area contributed by atoms with Crippen molar-refractivity contribution in [2.45, 2.75) is 25.8 Å². The molecule has 3 nitrogen and oxygen atoms in total. The van der Waals surface area contributed by atoms with Crippen molar-refractivity contribution in [1.29, 1.82) is 0 Å². The quantitative estimate of drug-likeness (QED) is 0.548. The molecule has 1 heterocycles. The van der Waals surface area contributed by atoms with Crippen molar-refractivity contribution in [2.75, 3.05) is 0 Å². The molecule has 2 rings (SSSR count). The Labute approximate surface area is 81.8 Å². The Morgan fingerprint density at radius 2 is 2.54 bits per heavy atom. The van der Waals surface area contributed by atoms with E-state index in [2.05, 4.69) is 27.5 Å². The van der Waals surface area contributed by atoms with Crippen LogP contribution >= 0.6 is 12.2 Å². The van der Waals surface area contributed by atoms with Gasteiger partial charge in [-0.2, -0.15) is 0 Å². The maximum absolute atomic E-state index is 4.88.